The summed E-state index contributed by atoms with van der Waals surface area (Å²) in [5, 5.41) is 4.25. The Kier molecular flexibility index (Phi) is 9.10. The summed E-state index contributed by atoms with van der Waals surface area (Å²) in [6, 6.07) is 7.27. The molecule has 210 valence electrons. The Hall–Kier alpha value is -2.80. The van der Waals surface area contributed by atoms with Crippen LogP contribution >= 0.6 is 11.6 Å². The minimum atomic E-state index is -2.50. The summed E-state index contributed by atoms with van der Waals surface area (Å²) in [5.41, 5.74) is 1.56. The van der Waals surface area contributed by atoms with Crippen molar-refractivity contribution in [3.8, 4) is 0 Å². The van der Waals surface area contributed by atoms with E-state index in [1.165, 1.54) is 24.0 Å². The van der Waals surface area contributed by atoms with Crippen molar-refractivity contribution in [3.05, 3.63) is 69.3 Å². The van der Waals surface area contributed by atoms with Crippen LogP contribution in [-0.4, -0.2) is 50.2 Å². The van der Waals surface area contributed by atoms with Crippen LogP contribution < -0.4 is 10.2 Å². The number of aliphatic imine (C=N–C) groups is 1. The van der Waals surface area contributed by atoms with Gasteiger partial charge in [-0.3, -0.25) is 0 Å². The molecule has 2 aromatic carbocycles. The van der Waals surface area contributed by atoms with Crippen LogP contribution in [0, 0.1) is 11.6 Å². The molecule has 0 saturated carbocycles. The molecule has 39 heavy (non-hydrogen) atoms. The maximum atomic E-state index is 15.4. The molecule has 1 saturated heterocycles. The summed E-state index contributed by atoms with van der Waals surface area (Å²) in [6.45, 7) is 8.07. The Morgan fingerprint density at radius 1 is 1.21 bits per heavy atom. The topological polar surface area (TPSA) is 91.3 Å². The molecule has 0 spiro atoms. The van der Waals surface area contributed by atoms with Gasteiger partial charge in [0.05, 0.1) is 21.9 Å². The second-order valence-electron chi connectivity index (χ2n) is 10.1. The zero-order valence-corrected chi connectivity index (χ0v) is 24.1. The molecule has 0 radical (unpaired) electrons. The number of hydrogen-bond donors (Lipinski definition) is 1. The number of carbonyl (C=O) groups is 1. The number of rotatable bonds is 8. The van der Waals surface area contributed by atoms with E-state index in [2.05, 4.69) is 15.2 Å². The van der Waals surface area contributed by atoms with E-state index in [1.807, 2.05) is 0 Å². The Labute approximate surface area is 234 Å². The lowest BCUT2D eigenvalue weighted by Gasteiger charge is -2.30. The van der Waals surface area contributed by atoms with Gasteiger partial charge in [0.1, 0.15) is 17.2 Å². The molecule has 0 aliphatic carbocycles. The average molecular weight is 599 g/mol. The molecule has 8 nitrogen and oxygen atoms in total. The average Bonchev–Trinajstić information content (AvgIpc) is 3.30. The van der Waals surface area contributed by atoms with Gasteiger partial charge in [0, 0.05) is 39.6 Å². The van der Waals surface area contributed by atoms with Crippen LogP contribution in [0.4, 0.5) is 25.0 Å². The van der Waals surface area contributed by atoms with Gasteiger partial charge in [-0.25, -0.2) is 23.5 Å². The third-order valence-electron chi connectivity index (χ3n) is 5.99. The molecule has 1 unspecified atom stereocenters. The molecule has 2 aliphatic heterocycles. The first kappa shape index (κ1) is 29.2. The van der Waals surface area contributed by atoms with Crippen LogP contribution in [0.5, 0.6) is 0 Å². The SMILES string of the molecule is CC(C)(C)OC(=O)N(C1=CS(=S(=O)=O)C=N1)c1cc(Cl)c(NCc2cc(CCN3CCC3)ccc2F)cc1F. The van der Waals surface area contributed by atoms with E-state index < -0.39 is 42.0 Å². The van der Waals surface area contributed by atoms with Crippen LogP contribution in [-0.2, 0) is 36.4 Å². The van der Waals surface area contributed by atoms with Gasteiger partial charge in [0.2, 0.25) is 9.26 Å². The van der Waals surface area contributed by atoms with Gasteiger partial charge < -0.3 is 15.0 Å². The second-order valence-corrected chi connectivity index (χ2v) is 14.0. The zero-order chi connectivity index (χ0) is 28.3. The quantitative estimate of drug-likeness (QED) is 0.433. The first-order valence-corrected chi connectivity index (χ1v) is 15.6. The first-order valence-electron chi connectivity index (χ1n) is 12.2. The molecule has 1 fully saturated rings. The fourth-order valence-corrected chi connectivity index (χ4v) is 5.78. The van der Waals surface area contributed by atoms with Crippen LogP contribution in [0.3, 0.4) is 0 Å². The lowest BCUT2D eigenvalue weighted by Crippen LogP contribution is -2.38. The Bertz CT molecular complexity index is 1480. The molecule has 2 heterocycles. The highest BCUT2D eigenvalue weighted by Crippen LogP contribution is 2.35. The smallest absolute Gasteiger partial charge is 0.420 e. The van der Waals surface area contributed by atoms with E-state index in [4.69, 9.17) is 16.3 Å². The number of benzene rings is 2. The van der Waals surface area contributed by atoms with Crippen LogP contribution in [0.1, 0.15) is 38.3 Å². The minimum absolute atomic E-state index is 0.0586. The number of halogens is 3. The predicted octanol–water partition coefficient (Wildman–Crippen LogP) is 5.47. The highest BCUT2D eigenvalue weighted by molar-refractivity contribution is 8.42. The Morgan fingerprint density at radius 2 is 1.95 bits per heavy atom. The number of hydrogen-bond acceptors (Lipinski definition) is 7. The Balaban J connectivity index is 1.57. The van der Waals surface area contributed by atoms with Crippen LogP contribution in [0.2, 0.25) is 5.02 Å². The maximum Gasteiger partial charge on any atom is 0.420 e. The number of nitrogens with zero attached hydrogens (tertiary/aromatic N) is 3. The molecule has 2 aromatic rings. The number of carbonyl (C=O) groups excluding carboxylic acids is 1. The number of likely N-dealkylation sites (tertiary alicyclic amines) is 1. The maximum absolute atomic E-state index is 15.4. The van der Waals surface area contributed by atoms with E-state index in [-0.39, 0.29) is 28.8 Å². The lowest BCUT2D eigenvalue weighted by molar-refractivity contribution is 0.0591. The van der Waals surface area contributed by atoms with Gasteiger partial charge >= 0.3 is 6.09 Å². The van der Waals surface area contributed by atoms with Gasteiger partial charge in [-0.05, 0) is 64.4 Å². The van der Waals surface area contributed by atoms with E-state index >= 15 is 4.39 Å². The van der Waals surface area contributed by atoms with E-state index in [0.29, 0.717) is 5.56 Å². The van der Waals surface area contributed by atoms with Crippen molar-refractivity contribution >= 4 is 53.3 Å². The molecule has 2 aliphatic rings. The number of amides is 1. The van der Waals surface area contributed by atoms with Crippen molar-refractivity contribution in [1.29, 1.82) is 0 Å². The molecular weight excluding hydrogens is 570 g/mol. The van der Waals surface area contributed by atoms with Crippen molar-refractivity contribution in [2.75, 3.05) is 29.9 Å². The largest absolute Gasteiger partial charge is 0.443 e. The number of nitrogens with one attached hydrogen (secondary N) is 1. The van der Waals surface area contributed by atoms with Gasteiger partial charge in [0.15, 0.2) is 5.82 Å². The first-order chi connectivity index (χ1) is 18.4. The molecule has 4 rings (SSSR count). The van der Waals surface area contributed by atoms with Crippen molar-refractivity contribution in [2.24, 2.45) is 4.99 Å². The van der Waals surface area contributed by atoms with Gasteiger partial charge in [-0.2, -0.15) is 8.42 Å². The van der Waals surface area contributed by atoms with E-state index in [1.54, 1.807) is 32.9 Å². The highest BCUT2D eigenvalue weighted by Gasteiger charge is 2.30. The zero-order valence-electron chi connectivity index (χ0n) is 21.7. The number of ether oxygens (including phenoxy) is 1. The monoisotopic (exact) mass is 598 g/mol. The van der Waals surface area contributed by atoms with Crippen molar-refractivity contribution < 1.29 is 26.7 Å². The second kappa shape index (κ2) is 12.2. The third-order valence-corrected chi connectivity index (χ3v) is 8.87. The van der Waals surface area contributed by atoms with Gasteiger partial charge in [0.25, 0.3) is 0 Å². The van der Waals surface area contributed by atoms with Crippen molar-refractivity contribution in [1.82, 2.24) is 4.90 Å². The molecule has 1 atom stereocenters. The minimum Gasteiger partial charge on any atom is -0.443 e. The molecule has 1 amide bonds. The normalized spacial score (nSPS) is 17.0. The summed E-state index contributed by atoms with van der Waals surface area (Å²) in [7, 11) is -3.88. The molecule has 0 aromatic heterocycles. The Morgan fingerprint density at radius 3 is 2.56 bits per heavy atom. The summed E-state index contributed by atoms with van der Waals surface area (Å²) in [5.74, 6) is -1.34. The summed E-state index contributed by atoms with van der Waals surface area (Å²) < 4.78 is 58.2. The molecule has 13 heteroatoms. The molecule has 0 bridgehead atoms. The summed E-state index contributed by atoms with van der Waals surface area (Å²) >= 11 is 6.45. The number of anilines is 2. The molecular formula is C26H29ClF2N4O4S2. The van der Waals surface area contributed by atoms with Crippen molar-refractivity contribution in [2.45, 2.75) is 45.8 Å². The summed E-state index contributed by atoms with van der Waals surface area (Å²) in [6.07, 6.45) is 1.05. The predicted molar refractivity (Wildman–Crippen MR) is 151 cm³/mol. The summed E-state index contributed by atoms with van der Waals surface area (Å²) in [4.78, 5) is 20.2. The van der Waals surface area contributed by atoms with Crippen LogP contribution in [0.15, 0.2) is 46.6 Å². The van der Waals surface area contributed by atoms with Gasteiger partial charge in [-0.1, -0.05) is 23.7 Å². The van der Waals surface area contributed by atoms with Crippen LogP contribution in [0.25, 0.3) is 0 Å². The van der Waals surface area contributed by atoms with Gasteiger partial charge in [-0.15, -0.1) is 0 Å². The third kappa shape index (κ3) is 7.44. The standard InChI is InChI=1S/C26H29ClF2N4O4S2/c1-26(2,3)37-25(34)33(24-15-38(16-31-24)39(35)36)23-12-19(27)22(13-21(23)29)30-14-18-11-17(5-6-20(18)28)7-10-32-8-4-9-32/h5-6,11-13,15-16,30H,4,7-10,14H2,1-3H3. The fraction of sp³-hybridized carbons (Fsp3) is 0.385. The highest BCUT2D eigenvalue weighted by atomic mass is 35.5. The van der Waals surface area contributed by atoms with E-state index in [9.17, 15) is 17.6 Å². The lowest BCUT2D eigenvalue weighted by atomic mass is 10.1. The van der Waals surface area contributed by atoms with E-state index in [0.717, 1.165) is 48.1 Å². The fourth-order valence-electron chi connectivity index (χ4n) is 3.92. The van der Waals surface area contributed by atoms with Crippen molar-refractivity contribution in [3.63, 3.8) is 0 Å². The molecule has 1 N–H and O–H groups in total.